The number of rotatable bonds is 2. The first-order valence-corrected chi connectivity index (χ1v) is 6.67. The van der Waals surface area contributed by atoms with Crippen molar-refractivity contribution in [3.05, 3.63) is 47.4 Å². The maximum atomic E-state index is 5.96. The molecule has 2 aromatic heterocycles. The molecule has 0 N–H and O–H groups in total. The lowest BCUT2D eigenvalue weighted by Gasteiger charge is -2.05. The van der Waals surface area contributed by atoms with E-state index >= 15 is 0 Å². The van der Waals surface area contributed by atoms with Crippen LogP contribution in [0.25, 0.3) is 16.4 Å². The second-order valence-corrected chi connectivity index (χ2v) is 4.99. The van der Waals surface area contributed by atoms with E-state index in [4.69, 9.17) is 11.6 Å². The quantitative estimate of drug-likeness (QED) is 0.644. The Bertz CT molecular complexity index is 732. The monoisotopic (exact) mass is 294 g/mol. The molecule has 100 valence electrons. The van der Waals surface area contributed by atoms with Crippen molar-refractivity contribution in [2.45, 2.75) is 20.3 Å². The number of aryl methyl sites for hydroxylation is 3. The van der Waals surface area contributed by atoms with Gasteiger partial charge in [0.05, 0.1) is 11.0 Å². The van der Waals surface area contributed by atoms with Gasteiger partial charge in [-0.25, -0.2) is 4.98 Å². The lowest BCUT2D eigenvalue weighted by atomic mass is 10.1. The van der Waals surface area contributed by atoms with E-state index in [1.165, 1.54) is 27.5 Å². The minimum atomic E-state index is 0. The summed E-state index contributed by atoms with van der Waals surface area (Å²) in [5.74, 6) is 1.66. The molecule has 0 spiro atoms. The Hall–Kier alpha value is -1.25. The maximum Gasteiger partial charge on any atom is 0.110 e. The van der Waals surface area contributed by atoms with Crippen molar-refractivity contribution in [3.63, 3.8) is 0 Å². The summed E-state index contributed by atoms with van der Waals surface area (Å²) in [6.07, 6.45) is 2.84. The Balaban J connectivity index is 0.00000133. The maximum absolute atomic E-state index is 5.96. The van der Waals surface area contributed by atoms with Crippen LogP contribution < -0.4 is 0 Å². The van der Waals surface area contributed by atoms with Crippen LogP contribution in [0.1, 0.15) is 17.0 Å². The van der Waals surface area contributed by atoms with Gasteiger partial charge in [-0.3, -0.25) is 4.40 Å². The molecule has 0 bridgehead atoms. The lowest BCUT2D eigenvalue weighted by Crippen LogP contribution is -1.97. The summed E-state index contributed by atoms with van der Waals surface area (Å²) in [5, 5.41) is 1.29. The first-order chi connectivity index (χ1) is 8.74. The van der Waals surface area contributed by atoms with Gasteiger partial charge in [0.1, 0.15) is 5.82 Å². The molecule has 0 radical (unpaired) electrons. The molecule has 3 aromatic rings. The third-order valence-electron chi connectivity index (χ3n) is 3.47. The molecule has 0 aliphatic heterocycles. The predicted molar refractivity (Wildman–Crippen MR) is 83.8 cm³/mol. The molecule has 1 aromatic carbocycles. The first-order valence-electron chi connectivity index (χ1n) is 6.14. The zero-order valence-corrected chi connectivity index (χ0v) is 12.6. The molecule has 0 aliphatic rings. The van der Waals surface area contributed by atoms with Crippen LogP contribution in [0.2, 0.25) is 0 Å². The molecule has 0 saturated carbocycles. The van der Waals surface area contributed by atoms with Gasteiger partial charge in [0, 0.05) is 17.5 Å². The fourth-order valence-corrected chi connectivity index (χ4v) is 2.90. The number of benzene rings is 1. The number of aromatic nitrogens is 2. The molecule has 19 heavy (non-hydrogen) atoms. The summed E-state index contributed by atoms with van der Waals surface area (Å²) < 4.78 is 2.24. The number of para-hydroxylation sites is 1. The summed E-state index contributed by atoms with van der Waals surface area (Å²) in [7, 11) is 0. The molecule has 4 heteroatoms. The third kappa shape index (κ3) is 2.09. The molecular formula is C15H16Cl2N2. The summed E-state index contributed by atoms with van der Waals surface area (Å²) >= 11 is 5.96. The second kappa shape index (κ2) is 5.40. The van der Waals surface area contributed by atoms with Gasteiger partial charge in [-0.1, -0.05) is 18.2 Å². The highest BCUT2D eigenvalue weighted by atomic mass is 35.5. The van der Waals surface area contributed by atoms with Crippen molar-refractivity contribution in [3.8, 4) is 0 Å². The molecule has 0 aliphatic carbocycles. The predicted octanol–water partition coefficient (Wildman–Crippen LogP) is 4.31. The SMILES string of the molecule is Cc1cnc(C)n2c1c(CCCl)c1ccccc12.Cl. The van der Waals surface area contributed by atoms with Gasteiger partial charge in [0.2, 0.25) is 0 Å². The van der Waals surface area contributed by atoms with Gasteiger partial charge >= 0.3 is 0 Å². The Morgan fingerprint density at radius 2 is 1.95 bits per heavy atom. The van der Waals surface area contributed by atoms with Crippen LogP contribution in [0.3, 0.4) is 0 Å². The zero-order valence-electron chi connectivity index (χ0n) is 11.0. The van der Waals surface area contributed by atoms with Gasteiger partial charge in [-0.2, -0.15) is 0 Å². The topological polar surface area (TPSA) is 17.3 Å². The Labute approximate surface area is 123 Å². The van der Waals surface area contributed by atoms with E-state index in [9.17, 15) is 0 Å². The number of fused-ring (bicyclic) bond motifs is 3. The molecule has 2 heterocycles. The molecule has 0 saturated heterocycles. The standard InChI is InChI=1S/C15H15ClN2.ClH/c1-10-9-17-11(2)18-14-6-4-3-5-12(14)13(7-8-16)15(10)18;/h3-6,9H,7-8H2,1-2H3;1H. The molecule has 0 amide bonds. The number of alkyl halides is 1. The molecular weight excluding hydrogens is 279 g/mol. The average molecular weight is 295 g/mol. The summed E-state index contributed by atoms with van der Waals surface area (Å²) in [6.45, 7) is 4.15. The fraction of sp³-hybridized carbons (Fsp3) is 0.267. The van der Waals surface area contributed by atoms with Gasteiger partial charge < -0.3 is 0 Å². The smallest absolute Gasteiger partial charge is 0.110 e. The van der Waals surface area contributed by atoms with E-state index in [1.807, 2.05) is 13.1 Å². The van der Waals surface area contributed by atoms with Gasteiger partial charge in [0.15, 0.2) is 0 Å². The van der Waals surface area contributed by atoms with Gasteiger partial charge in [0.25, 0.3) is 0 Å². The highest BCUT2D eigenvalue weighted by Gasteiger charge is 2.14. The Morgan fingerprint density at radius 1 is 1.21 bits per heavy atom. The van der Waals surface area contributed by atoms with Crippen LogP contribution in [-0.4, -0.2) is 15.3 Å². The lowest BCUT2D eigenvalue weighted by molar-refractivity contribution is 0.997. The van der Waals surface area contributed by atoms with Crippen LogP contribution in [0, 0.1) is 13.8 Å². The van der Waals surface area contributed by atoms with E-state index in [1.54, 1.807) is 0 Å². The van der Waals surface area contributed by atoms with E-state index in [0.717, 1.165) is 12.2 Å². The molecule has 0 fully saturated rings. The Kier molecular flexibility index (Phi) is 4.02. The van der Waals surface area contributed by atoms with Crippen LogP contribution in [0.15, 0.2) is 30.5 Å². The van der Waals surface area contributed by atoms with E-state index in [2.05, 4.69) is 40.6 Å². The van der Waals surface area contributed by atoms with Crippen molar-refractivity contribution in [1.82, 2.24) is 9.38 Å². The van der Waals surface area contributed by atoms with E-state index < -0.39 is 0 Å². The normalized spacial score (nSPS) is 10.9. The van der Waals surface area contributed by atoms with Crippen molar-refractivity contribution >= 4 is 40.4 Å². The molecule has 2 nitrogen and oxygen atoms in total. The minimum absolute atomic E-state index is 0. The van der Waals surface area contributed by atoms with Crippen molar-refractivity contribution in [2.75, 3.05) is 5.88 Å². The minimum Gasteiger partial charge on any atom is -0.297 e. The van der Waals surface area contributed by atoms with Gasteiger partial charge in [-0.15, -0.1) is 24.0 Å². The van der Waals surface area contributed by atoms with Crippen LogP contribution >= 0.6 is 24.0 Å². The number of nitrogens with zero attached hydrogens (tertiary/aromatic N) is 2. The zero-order chi connectivity index (χ0) is 12.7. The van der Waals surface area contributed by atoms with Crippen molar-refractivity contribution in [2.24, 2.45) is 0 Å². The first kappa shape index (κ1) is 14.2. The van der Waals surface area contributed by atoms with Crippen molar-refractivity contribution in [1.29, 1.82) is 0 Å². The number of halogens is 2. The average Bonchev–Trinajstić information content (AvgIpc) is 2.71. The number of hydrogen-bond acceptors (Lipinski definition) is 1. The number of hydrogen-bond donors (Lipinski definition) is 0. The molecule has 0 unspecified atom stereocenters. The molecule has 0 atom stereocenters. The second-order valence-electron chi connectivity index (χ2n) is 4.61. The highest BCUT2D eigenvalue weighted by molar-refractivity contribution is 6.18. The van der Waals surface area contributed by atoms with Crippen LogP contribution in [-0.2, 0) is 6.42 Å². The van der Waals surface area contributed by atoms with Gasteiger partial charge in [-0.05, 0) is 37.5 Å². The Morgan fingerprint density at radius 3 is 2.68 bits per heavy atom. The van der Waals surface area contributed by atoms with Crippen LogP contribution in [0.5, 0.6) is 0 Å². The highest BCUT2D eigenvalue weighted by Crippen LogP contribution is 2.29. The summed E-state index contributed by atoms with van der Waals surface area (Å²) in [6, 6.07) is 8.47. The van der Waals surface area contributed by atoms with Crippen molar-refractivity contribution < 1.29 is 0 Å². The summed E-state index contributed by atoms with van der Waals surface area (Å²) in [5.41, 5.74) is 5.03. The van der Waals surface area contributed by atoms with E-state index in [0.29, 0.717) is 5.88 Å². The molecule has 3 rings (SSSR count). The summed E-state index contributed by atoms with van der Waals surface area (Å²) in [4.78, 5) is 4.46. The van der Waals surface area contributed by atoms with E-state index in [-0.39, 0.29) is 12.4 Å². The van der Waals surface area contributed by atoms with Crippen LogP contribution in [0.4, 0.5) is 0 Å². The fourth-order valence-electron chi connectivity index (χ4n) is 2.71. The largest absolute Gasteiger partial charge is 0.297 e. The third-order valence-corrected chi connectivity index (χ3v) is 3.66.